The fraction of sp³-hybridized carbons (Fsp3) is 0.429. The Morgan fingerprint density at radius 1 is 1.32 bits per heavy atom. The zero-order valence-corrected chi connectivity index (χ0v) is 14.7. The monoisotopic (exact) mass is 434 g/mol. The molecule has 0 N–H and O–H groups in total. The van der Waals surface area contributed by atoms with E-state index >= 15 is 0 Å². The normalized spacial score (nSPS) is 29.5. The number of hydrogen-bond donors (Lipinski definition) is 0. The van der Waals surface area contributed by atoms with Gasteiger partial charge in [-0.15, -0.1) is 6.58 Å². The van der Waals surface area contributed by atoms with Crippen LogP contribution in [-0.4, -0.2) is 33.2 Å². The van der Waals surface area contributed by atoms with Crippen molar-refractivity contribution in [1.29, 1.82) is 0 Å². The molecule has 0 heterocycles. The maximum absolute atomic E-state index is 12.9. The van der Waals surface area contributed by atoms with E-state index in [9.17, 15) is 18.5 Å². The van der Waals surface area contributed by atoms with Crippen molar-refractivity contribution in [2.45, 2.75) is 33.1 Å². The van der Waals surface area contributed by atoms with E-state index < -0.39 is 14.9 Å². The summed E-state index contributed by atoms with van der Waals surface area (Å²) in [6.07, 6.45) is 4.17. The molecule has 0 saturated heterocycles. The lowest BCUT2D eigenvalue weighted by Gasteiger charge is -2.70. The molecule has 0 amide bonds. The van der Waals surface area contributed by atoms with Crippen LogP contribution in [0, 0.1) is 10.1 Å². The number of nitrogens with zero attached hydrogens (tertiary/aromatic N) is 2. The molecule has 1 aromatic carbocycles. The number of halogens is 1. The Balaban J connectivity index is 1.92. The number of rotatable bonds is 6. The Labute approximate surface area is 142 Å². The molecule has 1 aromatic rings. The fourth-order valence-electron chi connectivity index (χ4n) is 3.41. The van der Waals surface area contributed by atoms with Gasteiger partial charge >= 0.3 is 0 Å². The zero-order chi connectivity index (χ0) is 16.2. The predicted molar refractivity (Wildman–Crippen MR) is 90.5 cm³/mol. The lowest BCUT2D eigenvalue weighted by molar-refractivity contribution is -0.384. The molecular formula is C14H15IN2O4S. The van der Waals surface area contributed by atoms with E-state index in [4.69, 9.17) is 0 Å². The van der Waals surface area contributed by atoms with Crippen LogP contribution in [0.4, 0.5) is 5.69 Å². The number of alkyl halides is 1. The van der Waals surface area contributed by atoms with E-state index in [1.165, 1.54) is 28.6 Å². The molecule has 118 valence electrons. The van der Waals surface area contributed by atoms with E-state index in [-0.39, 0.29) is 26.1 Å². The van der Waals surface area contributed by atoms with Gasteiger partial charge in [-0.05, 0) is 31.4 Å². The minimum atomic E-state index is -3.68. The first-order chi connectivity index (χ1) is 10.2. The Morgan fingerprint density at radius 2 is 1.86 bits per heavy atom. The Kier molecular flexibility index (Phi) is 3.61. The Bertz CT molecular complexity index is 725. The molecule has 3 aliphatic carbocycles. The molecule has 0 spiro atoms. The van der Waals surface area contributed by atoms with Crippen molar-refractivity contribution in [3.8, 4) is 0 Å². The molecule has 8 heteroatoms. The van der Waals surface area contributed by atoms with Gasteiger partial charge in [0, 0.05) is 27.6 Å². The third-order valence-electron chi connectivity index (χ3n) is 4.40. The van der Waals surface area contributed by atoms with Crippen LogP contribution >= 0.6 is 22.6 Å². The highest BCUT2D eigenvalue weighted by atomic mass is 127. The van der Waals surface area contributed by atoms with Gasteiger partial charge < -0.3 is 0 Å². The summed E-state index contributed by atoms with van der Waals surface area (Å²) >= 11 is 2.40. The number of non-ortho nitro benzene ring substituents is 1. The third kappa shape index (κ3) is 2.28. The summed E-state index contributed by atoms with van der Waals surface area (Å²) in [5.41, 5.74) is -0.415. The molecule has 0 radical (unpaired) electrons. The quantitative estimate of drug-likeness (QED) is 0.227. The molecule has 0 atom stereocenters. The summed E-state index contributed by atoms with van der Waals surface area (Å²) in [7, 11) is -3.68. The summed E-state index contributed by atoms with van der Waals surface area (Å²) in [4.78, 5) is 10.2. The topological polar surface area (TPSA) is 80.5 Å². The smallest absolute Gasteiger partial charge is 0.258 e. The maximum Gasteiger partial charge on any atom is 0.269 e. The minimum absolute atomic E-state index is 0.0900. The van der Waals surface area contributed by atoms with Gasteiger partial charge in [-0.25, -0.2) is 8.42 Å². The van der Waals surface area contributed by atoms with Crippen LogP contribution in [0.2, 0.25) is 0 Å². The second-order valence-electron chi connectivity index (χ2n) is 5.98. The van der Waals surface area contributed by atoms with E-state index in [1.807, 2.05) is 0 Å². The van der Waals surface area contributed by atoms with Gasteiger partial charge in [-0.2, -0.15) is 4.31 Å². The van der Waals surface area contributed by atoms with Gasteiger partial charge in [0.15, 0.2) is 0 Å². The van der Waals surface area contributed by atoms with E-state index in [0.29, 0.717) is 0 Å². The molecule has 3 fully saturated rings. The second kappa shape index (κ2) is 5.00. The molecule has 0 unspecified atom stereocenters. The van der Waals surface area contributed by atoms with Gasteiger partial charge in [-0.3, -0.25) is 10.1 Å². The van der Waals surface area contributed by atoms with Gasteiger partial charge in [0.2, 0.25) is 10.0 Å². The number of hydrogen-bond acceptors (Lipinski definition) is 4. The standard InChI is InChI=1S/C14H15IN2O4S/c1-2-7-16(14-8-13(15,9-14)10-14)22(20,21)12-5-3-11(4-6-12)17(18)19/h2-6H,1,7-10H2. The Hall–Kier alpha value is -1.00. The summed E-state index contributed by atoms with van der Waals surface area (Å²) in [6.45, 7) is 3.91. The van der Waals surface area contributed by atoms with Crippen molar-refractivity contribution >= 4 is 38.3 Å². The van der Waals surface area contributed by atoms with Crippen molar-refractivity contribution in [3.05, 3.63) is 47.0 Å². The van der Waals surface area contributed by atoms with Gasteiger partial charge in [0.25, 0.3) is 5.69 Å². The first-order valence-corrected chi connectivity index (χ1v) is 9.32. The highest BCUT2D eigenvalue weighted by molar-refractivity contribution is 14.1. The third-order valence-corrected chi connectivity index (χ3v) is 7.53. The average Bonchev–Trinajstić information content (AvgIpc) is 2.40. The van der Waals surface area contributed by atoms with Crippen LogP contribution in [-0.2, 0) is 10.0 Å². The van der Waals surface area contributed by atoms with Gasteiger partial charge in [0.05, 0.1) is 9.82 Å². The van der Waals surface area contributed by atoms with Gasteiger partial charge in [0.1, 0.15) is 0 Å². The summed E-state index contributed by atoms with van der Waals surface area (Å²) < 4.78 is 27.5. The van der Waals surface area contributed by atoms with E-state index in [0.717, 1.165) is 19.3 Å². The molecule has 22 heavy (non-hydrogen) atoms. The first kappa shape index (κ1) is 15.9. The molecule has 0 aromatic heterocycles. The summed E-state index contributed by atoms with van der Waals surface area (Å²) in [5, 5.41) is 10.7. The predicted octanol–water partition coefficient (Wildman–Crippen LogP) is 2.88. The highest BCUT2D eigenvalue weighted by Gasteiger charge is 2.70. The van der Waals surface area contributed by atoms with Crippen molar-refractivity contribution in [2.24, 2.45) is 0 Å². The van der Waals surface area contributed by atoms with Crippen molar-refractivity contribution in [1.82, 2.24) is 4.31 Å². The Morgan fingerprint density at radius 3 is 2.27 bits per heavy atom. The number of nitro groups is 1. The van der Waals surface area contributed by atoms with E-state index in [2.05, 4.69) is 29.2 Å². The van der Waals surface area contributed by atoms with Crippen LogP contribution in [0.3, 0.4) is 0 Å². The largest absolute Gasteiger partial charge is 0.269 e. The van der Waals surface area contributed by atoms with Crippen LogP contribution in [0.15, 0.2) is 41.8 Å². The molecule has 3 saturated carbocycles. The summed E-state index contributed by atoms with van der Waals surface area (Å²) in [6, 6.07) is 5.05. The molecular weight excluding hydrogens is 419 g/mol. The SMILES string of the molecule is C=CCN(C12CC(I)(C1)C2)S(=O)(=O)c1ccc([N+](=O)[O-])cc1. The van der Waals surface area contributed by atoms with Crippen LogP contribution < -0.4 is 0 Å². The fourth-order valence-corrected chi connectivity index (χ4v) is 7.28. The number of nitro benzene ring substituents is 1. The van der Waals surface area contributed by atoms with Crippen molar-refractivity contribution < 1.29 is 13.3 Å². The maximum atomic E-state index is 12.9. The molecule has 0 aliphatic heterocycles. The number of benzene rings is 1. The lowest BCUT2D eigenvalue weighted by atomic mass is 9.49. The second-order valence-corrected chi connectivity index (χ2v) is 10.1. The van der Waals surface area contributed by atoms with Crippen molar-refractivity contribution in [3.63, 3.8) is 0 Å². The molecule has 4 rings (SSSR count). The molecule has 6 nitrogen and oxygen atoms in total. The molecule has 2 bridgehead atoms. The first-order valence-electron chi connectivity index (χ1n) is 6.80. The van der Waals surface area contributed by atoms with Crippen LogP contribution in [0.5, 0.6) is 0 Å². The van der Waals surface area contributed by atoms with Gasteiger partial charge in [-0.1, -0.05) is 28.7 Å². The minimum Gasteiger partial charge on any atom is -0.258 e. The van der Waals surface area contributed by atoms with Crippen LogP contribution in [0.25, 0.3) is 0 Å². The highest BCUT2D eigenvalue weighted by Crippen LogP contribution is 2.69. The average molecular weight is 434 g/mol. The zero-order valence-electron chi connectivity index (χ0n) is 11.7. The lowest BCUT2D eigenvalue weighted by Crippen LogP contribution is -2.76. The van der Waals surface area contributed by atoms with E-state index in [1.54, 1.807) is 6.08 Å². The molecule has 3 aliphatic rings. The number of sulfonamides is 1. The van der Waals surface area contributed by atoms with Crippen LogP contribution in [0.1, 0.15) is 19.3 Å². The summed E-state index contributed by atoms with van der Waals surface area (Å²) in [5.74, 6) is 0. The van der Waals surface area contributed by atoms with Crippen molar-refractivity contribution in [2.75, 3.05) is 6.54 Å².